The number of carbonyl (C=O) groups is 1. The number of amides is 1. The predicted molar refractivity (Wildman–Crippen MR) is 84.2 cm³/mol. The maximum Gasteiger partial charge on any atom is 0.254 e. The van der Waals surface area contributed by atoms with Crippen LogP contribution in [0.4, 0.5) is 0 Å². The first-order chi connectivity index (χ1) is 9.99. The number of hydrogen-bond donors (Lipinski definition) is 1. The van der Waals surface area contributed by atoms with Crippen LogP contribution in [0.25, 0.3) is 0 Å². The Kier molecular flexibility index (Phi) is 5.37. The van der Waals surface area contributed by atoms with E-state index in [0.717, 1.165) is 43.5 Å². The first kappa shape index (κ1) is 16.0. The van der Waals surface area contributed by atoms with Crippen LogP contribution in [0.1, 0.15) is 42.1 Å². The summed E-state index contributed by atoms with van der Waals surface area (Å²) in [4.78, 5) is 16.7. The van der Waals surface area contributed by atoms with Crippen LogP contribution in [-0.4, -0.2) is 53.6 Å². The van der Waals surface area contributed by atoms with Gasteiger partial charge in [-0.3, -0.25) is 4.79 Å². The highest BCUT2D eigenvalue weighted by molar-refractivity contribution is 5.94. The molecule has 1 N–H and O–H groups in total. The fraction of sp³-hybridized carbons (Fsp3) is 0.588. The Bertz CT molecular complexity index is 485. The van der Waals surface area contributed by atoms with E-state index in [4.69, 9.17) is 0 Å². The van der Waals surface area contributed by atoms with Crippen LogP contribution in [0.3, 0.4) is 0 Å². The number of hydrogen-bond acceptors (Lipinski definition) is 3. The Morgan fingerprint density at radius 2 is 2.19 bits per heavy atom. The van der Waals surface area contributed by atoms with Gasteiger partial charge in [0.2, 0.25) is 0 Å². The van der Waals surface area contributed by atoms with Crippen molar-refractivity contribution >= 4 is 5.91 Å². The van der Waals surface area contributed by atoms with Gasteiger partial charge in [-0.05, 0) is 58.0 Å². The number of aliphatic hydroxyl groups is 1. The van der Waals surface area contributed by atoms with Gasteiger partial charge in [0.15, 0.2) is 0 Å². The van der Waals surface area contributed by atoms with Gasteiger partial charge in [-0.2, -0.15) is 0 Å². The lowest BCUT2D eigenvalue weighted by atomic mass is 9.97. The molecule has 1 aromatic carbocycles. The molecule has 2 unspecified atom stereocenters. The lowest BCUT2D eigenvalue weighted by molar-refractivity contribution is 0.0281. The lowest BCUT2D eigenvalue weighted by Gasteiger charge is -2.37. The van der Waals surface area contributed by atoms with E-state index in [0.29, 0.717) is 0 Å². The van der Waals surface area contributed by atoms with E-state index in [-0.39, 0.29) is 11.9 Å². The highest BCUT2D eigenvalue weighted by Gasteiger charge is 2.30. The third-order valence-corrected chi connectivity index (χ3v) is 4.04. The Balaban J connectivity index is 2.18. The van der Waals surface area contributed by atoms with Crippen molar-refractivity contribution in [2.75, 3.05) is 20.6 Å². The molecule has 1 saturated heterocycles. The molecule has 2 rings (SSSR count). The van der Waals surface area contributed by atoms with E-state index in [2.05, 4.69) is 4.90 Å². The maximum atomic E-state index is 12.8. The second kappa shape index (κ2) is 7.05. The molecule has 0 spiro atoms. The SMILES string of the molecule is CC(O)C1CCCCN1C(=O)c1cccc(CN(C)C)c1. The monoisotopic (exact) mass is 290 g/mol. The normalized spacial score (nSPS) is 20.6. The van der Waals surface area contributed by atoms with Crippen molar-refractivity contribution in [3.63, 3.8) is 0 Å². The quantitative estimate of drug-likeness (QED) is 0.924. The van der Waals surface area contributed by atoms with E-state index in [1.807, 2.05) is 43.3 Å². The van der Waals surface area contributed by atoms with E-state index in [1.54, 1.807) is 6.92 Å². The van der Waals surface area contributed by atoms with Gasteiger partial charge in [-0.15, -0.1) is 0 Å². The molecule has 0 bridgehead atoms. The Morgan fingerprint density at radius 3 is 2.86 bits per heavy atom. The smallest absolute Gasteiger partial charge is 0.254 e. The molecule has 1 heterocycles. The average Bonchev–Trinajstić information content (AvgIpc) is 2.46. The molecule has 0 radical (unpaired) electrons. The van der Waals surface area contributed by atoms with Gasteiger partial charge < -0.3 is 14.9 Å². The summed E-state index contributed by atoms with van der Waals surface area (Å²) in [6.45, 7) is 3.34. The van der Waals surface area contributed by atoms with Crippen LogP contribution in [0.5, 0.6) is 0 Å². The topological polar surface area (TPSA) is 43.8 Å². The molecule has 116 valence electrons. The zero-order chi connectivity index (χ0) is 15.4. The van der Waals surface area contributed by atoms with Crippen molar-refractivity contribution in [2.24, 2.45) is 0 Å². The van der Waals surface area contributed by atoms with Crippen molar-refractivity contribution in [1.29, 1.82) is 0 Å². The maximum absolute atomic E-state index is 12.8. The van der Waals surface area contributed by atoms with Crippen LogP contribution in [-0.2, 0) is 6.54 Å². The van der Waals surface area contributed by atoms with Crippen LogP contribution in [0.15, 0.2) is 24.3 Å². The zero-order valence-corrected chi connectivity index (χ0v) is 13.2. The van der Waals surface area contributed by atoms with Gasteiger partial charge in [-0.1, -0.05) is 12.1 Å². The molecule has 1 aromatic rings. The van der Waals surface area contributed by atoms with Crippen molar-refractivity contribution in [3.05, 3.63) is 35.4 Å². The minimum atomic E-state index is -0.473. The van der Waals surface area contributed by atoms with Crippen molar-refractivity contribution < 1.29 is 9.90 Å². The fourth-order valence-corrected chi connectivity index (χ4v) is 3.04. The second-order valence-corrected chi connectivity index (χ2v) is 6.24. The van der Waals surface area contributed by atoms with Crippen LogP contribution in [0.2, 0.25) is 0 Å². The standard InChI is InChI=1S/C17H26N2O2/c1-13(20)16-9-4-5-10-19(16)17(21)15-8-6-7-14(11-15)12-18(2)3/h6-8,11,13,16,20H,4-5,9-10,12H2,1-3H3. The van der Waals surface area contributed by atoms with Gasteiger partial charge >= 0.3 is 0 Å². The number of carbonyl (C=O) groups excluding carboxylic acids is 1. The minimum Gasteiger partial charge on any atom is -0.391 e. The first-order valence-corrected chi connectivity index (χ1v) is 7.71. The molecule has 21 heavy (non-hydrogen) atoms. The lowest BCUT2D eigenvalue weighted by Crippen LogP contribution is -2.48. The summed E-state index contributed by atoms with van der Waals surface area (Å²) in [5, 5.41) is 9.92. The first-order valence-electron chi connectivity index (χ1n) is 7.71. The summed E-state index contributed by atoms with van der Waals surface area (Å²) in [5.74, 6) is 0.0428. The van der Waals surface area contributed by atoms with Gasteiger partial charge in [0.25, 0.3) is 5.91 Å². The van der Waals surface area contributed by atoms with Crippen LogP contribution >= 0.6 is 0 Å². The minimum absolute atomic E-state index is 0.0428. The number of nitrogens with zero attached hydrogens (tertiary/aromatic N) is 2. The number of rotatable bonds is 4. The largest absolute Gasteiger partial charge is 0.391 e. The molecular formula is C17H26N2O2. The zero-order valence-electron chi connectivity index (χ0n) is 13.2. The molecule has 0 aromatic heterocycles. The van der Waals surface area contributed by atoms with Crippen LogP contribution in [0, 0.1) is 0 Å². The molecule has 0 aliphatic carbocycles. The molecule has 1 aliphatic rings. The highest BCUT2D eigenvalue weighted by Crippen LogP contribution is 2.22. The van der Waals surface area contributed by atoms with E-state index < -0.39 is 6.10 Å². The highest BCUT2D eigenvalue weighted by atomic mass is 16.3. The van der Waals surface area contributed by atoms with E-state index in [9.17, 15) is 9.90 Å². The van der Waals surface area contributed by atoms with E-state index >= 15 is 0 Å². The molecular weight excluding hydrogens is 264 g/mol. The fourth-order valence-electron chi connectivity index (χ4n) is 3.04. The number of aliphatic hydroxyl groups excluding tert-OH is 1. The second-order valence-electron chi connectivity index (χ2n) is 6.24. The summed E-state index contributed by atoms with van der Waals surface area (Å²) in [7, 11) is 4.03. The van der Waals surface area contributed by atoms with Gasteiger partial charge in [0.1, 0.15) is 0 Å². The average molecular weight is 290 g/mol. The molecule has 1 fully saturated rings. The van der Waals surface area contributed by atoms with Gasteiger partial charge in [0.05, 0.1) is 12.1 Å². The molecule has 4 heteroatoms. The number of piperidine rings is 1. The number of likely N-dealkylation sites (tertiary alicyclic amines) is 1. The third-order valence-electron chi connectivity index (χ3n) is 4.04. The van der Waals surface area contributed by atoms with Crippen LogP contribution < -0.4 is 0 Å². The van der Waals surface area contributed by atoms with Crippen molar-refractivity contribution in [2.45, 2.75) is 44.9 Å². The van der Waals surface area contributed by atoms with E-state index in [1.165, 1.54) is 0 Å². The molecule has 2 atom stereocenters. The summed E-state index contributed by atoms with van der Waals surface area (Å²) < 4.78 is 0. The summed E-state index contributed by atoms with van der Waals surface area (Å²) in [6, 6.07) is 7.77. The molecule has 1 aliphatic heterocycles. The third kappa shape index (κ3) is 4.05. The Morgan fingerprint density at radius 1 is 1.43 bits per heavy atom. The van der Waals surface area contributed by atoms with Crippen molar-refractivity contribution in [1.82, 2.24) is 9.80 Å². The summed E-state index contributed by atoms with van der Waals surface area (Å²) in [6.07, 6.45) is 2.52. The predicted octanol–water partition coefficient (Wildman–Crippen LogP) is 2.12. The molecule has 4 nitrogen and oxygen atoms in total. The Hall–Kier alpha value is -1.39. The molecule has 0 saturated carbocycles. The Labute approximate surface area is 127 Å². The van der Waals surface area contributed by atoms with Gasteiger partial charge in [0, 0.05) is 18.7 Å². The summed E-state index contributed by atoms with van der Waals surface area (Å²) in [5.41, 5.74) is 1.86. The van der Waals surface area contributed by atoms with Gasteiger partial charge in [-0.25, -0.2) is 0 Å². The number of benzene rings is 1. The molecule has 1 amide bonds. The summed E-state index contributed by atoms with van der Waals surface area (Å²) >= 11 is 0. The van der Waals surface area contributed by atoms with Crippen molar-refractivity contribution in [3.8, 4) is 0 Å².